The Morgan fingerprint density at radius 2 is 1.97 bits per heavy atom. The largest absolute Gasteiger partial charge is 0.383 e. The first-order chi connectivity index (χ1) is 14.6. The van der Waals surface area contributed by atoms with Gasteiger partial charge in [-0.25, -0.2) is 15.0 Å². The summed E-state index contributed by atoms with van der Waals surface area (Å²) in [5.74, 6) is 3.10. The predicted molar refractivity (Wildman–Crippen MR) is 116 cm³/mol. The summed E-state index contributed by atoms with van der Waals surface area (Å²) >= 11 is 0. The maximum Gasteiger partial charge on any atom is 0.227 e. The summed E-state index contributed by atoms with van der Waals surface area (Å²) < 4.78 is 13.0. The van der Waals surface area contributed by atoms with Crippen molar-refractivity contribution in [1.82, 2.24) is 24.5 Å². The van der Waals surface area contributed by atoms with Crippen LogP contribution in [0, 0.1) is 6.92 Å². The van der Waals surface area contributed by atoms with Gasteiger partial charge in [0.15, 0.2) is 0 Å². The van der Waals surface area contributed by atoms with Crippen LogP contribution < -0.4 is 10.2 Å². The van der Waals surface area contributed by atoms with Crippen molar-refractivity contribution in [2.24, 2.45) is 0 Å². The number of ether oxygens (including phenoxy) is 2. The minimum Gasteiger partial charge on any atom is -0.383 e. The smallest absolute Gasteiger partial charge is 0.227 e. The van der Waals surface area contributed by atoms with E-state index in [-0.39, 0.29) is 6.04 Å². The second kappa shape index (κ2) is 8.93. The summed E-state index contributed by atoms with van der Waals surface area (Å²) in [4.78, 5) is 20.5. The van der Waals surface area contributed by atoms with Crippen molar-refractivity contribution in [3.63, 3.8) is 0 Å². The third kappa shape index (κ3) is 4.22. The van der Waals surface area contributed by atoms with Gasteiger partial charge in [0.25, 0.3) is 0 Å². The lowest BCUT2D eigenvalue weighted by Crippen LogP contribution is -2.37. The molecule has 160 valence electrons. The normalized spacial score (nSPS) is 16.2. The Hall–Kier alpha value is -2.78. The van der Waals surface area contributed by atoms with Gasteiger partial charge in [-0.15, -0.1) is 0 Å². The lowest BCUT2D eigenvalue weighted by Gasteiger charge is -2.31. The van der Waals surface area contributed by atoms with Crippen LogP contribution in [0.4, 0.5) is 17.6 Å². The van der Waals surface area contributed by atoms with Crippen LogP contribution in [0.1, 0.15) is 31.6 Å². The maximum atomic E-state index is 5.45. The van der Waals surface area contributed by atoms with Gasteiger partial charge in [0.05, 0.1) is 30.5 Å². The van der Waals surface area contributed by atoms with Crippen molar-refractivity contribution in [2.45, 2.75) is 38.8 Å². The minimum atomic E-state index is 0.177. The molecule has 4 rings (SSSR count). The third-order valence-electron chi connectivity index (χ3n) is 5.56. The van der Waals surface area contributed by atoms with E-state index in [1.165, 1.54) is 0 Å². The van der Waals surface area contributed by atoms with Crippen molar-refractivity contribution >= 4 is 28.6 Å². The van der Waals surface area contributed by atoms with Crippen molar-refractivity contribution in [1.29, 1.82) is 0 Å². The first-order valence-electron chi connectivity index (χ1n) is 10.3. The number of methoxy groups -OCH3 is 2. The molecule has 0 aliphatic carbocycles. The molecule has 1 aliphatic heterocycles. The quantitative estimate of drug-likeness (QED) is 0.634. The molecular formula is C21H29N7O2. The summed E-state index contributed by atoms with van der Waals surface area (Å²) in [5, 5.41) is 3.32. The van der Waals surface area contributed by atoms with E-state index in [2.05, 4.69) is 36.7 Å². The summed E-state index contributed by atoms with van der Waals surface area (Å²) in [7, 11) is 3.48. The molecule has 1 aliphatic rings. The molecule has 0 aromatic carbocycles. The first-order valence-corrected chi connectivity index (χ1v) is 10.3. The molecule has 1 atom stereocenters. The highest BCUT2D eigenvalue weighted by atomic mass is 16.5. The van der Waals surface area contributed by atoms with Crippen LogP contribution in [0.25, 0.3) is 11.0 Å². The number of anilines is 3. The van der Waals surface area contributed by atoms with E-state index in [0.29, 0.717) is 18.5 Å². The molecule has 0 amide bonds. The van der Waals surface area contributed by atoms with Gasteiger partial charge in [0.2, 0.25) is 5.95 Å². The molecule has 0 radical (unpaired) electrons. The number of aromatic nitrogens is 5. The number of piperidine rings is 1. The Kier molecular flexibility index (Phi) is 6.10. The van der Waals surface area contributed by atoms with Crippen molar-refractivity contribution in [3.05, 3.63) is 30.4 Å². The lowest BCUT2D eigenvalue weighted by molar-refractivity contribution is 0.0816. The fraction of sp³-hybridized carbons (Fsp3) is 0.524. The van der Waals surface area contributed by atoms with Crippen LogP contribution in [0.15, 0.2) is 24.5 Å². The second-order valence-electron chi connectivity index (χ2n) is 7.68. The Morgan fingerprint density at radius 1 is 1.17 bits per heavy atom. The highest BCUT2D eigenvalue weighted by Gasteiger charge is 2.21. The van der Waals surface area contributed by atoms with Crippen LogP contribution in [0.5, 0.6) is 0 Å². The second-order valence-corrected chi connectivity index (χ2v) is 7.68. The zero-order valence-electron chi connectivity index (χ0n) is 18.0. The summed E-state index contributed by atoms with van der Waals surface area (Å²) in [6, 6.07) is 4.04. The Morgan fingerprint density at radius 3 is 2.70 bits per heavy atom. The Bertz CT molecular complexity index is 998. The molecular weight excluding hydrogens is 382 g/mol. The van der Waals surface area contributed by atoms with Gasteiger partial charge < -0.3 is 24.3 Å². The van der Waals surface area contributed by atoms with Crippen molar-refractivity contribution < 1.29 is 9.47 Å². The zero-order chi connectivity index (χ0) is 21.1. The number of imidazole rings is 1. The highest BCUT2D eigenvalue weighted by molar-refractivity contribution is 5.79. The first kappa shape index (κ1) is 20.5. The minimum absolute atomic E-state index is 0.177. The van der Waals surface area contributed by atoms with Crippen LogP contribution in [-0.2, 0) is 9.47 Å². The average Bonchev–Trinajstić information content (AvgIpc) is 3.09. The van der Waals surface area contributed by atoms with Gasteiger partial charge >= 0.3 is 0 Å². The Balaban J connectivity index is 1.55. The van der Waals surface area contributed by atoms with E-state index >= 15 is 0 Å². The summed E-state index contributed by atoms with van der Waals surface area (Å²) in [5.41, 5.74) is 1.89. The topological polar surface area (TPSA) is 90.2 Å². The number of fused-ring (bicyclic) bond motifs is 1. The predicted octanol–water partition coefficient (Wildman–Crippen LogP) is 3.10. The van der Waals surface area contributed by atoms with Gasteiger partial charge in [0, 0.05) is 39.6 Å². The van der Waals surface area contributed by atoms with Crippen molar-refractivity contribution in [2.75, 3.05) is 44.1 Å². The number of nitrogens with zero attached hydrogens (tertiary/aromatic N) is 6. The fourth-order valence-corrected chi connectivity index (χ4v) is 4.05. The molecule has 1 saturated heterocycles. The van der Waals surface area contributed by atoms with Gasteiger partial charge in [-0.3, -0.25) is 0 Å². The SMILES string of the molecule is COC[C@H](C)n1c(C)nc2cnc(Nc3ccnc(N4CCC(OC)CC4)n3)cc21. The molecule has 9 nitrogen and oxygen atoms in total. The monoisotopic (exact) mass is 411 g/mol. The molecule has 0 saturated carbocycles. The standard InChI is InChI=1S/C21H29N7O2/c1-14(13-29-3)28-15(2)24-17-12-23-20(11-18(17)28)25-19-5-8-22-21(26-19)27-9-6-16(30-4)7-10-27/h5,8,11-12,14,16H,6-7,9-10,13H2,1-4H3,(H,22,23,25,26)/t14-/m0/s1. The molecule has 3 aromatic rings. The molecule has 4 heterocycles. The number of aryl methyl sites for hydroxylation is 1. The number of pyridine rings is 1. The maximum absolute atomic E-state index is 5.45. The third-order valence-corrected chi connectivity index (χ3v) is 5.56. The Labute approximate surface area is 176 Å². The highest BCUT2D eigenvalue weighted by Crippen LogP contribution is 2.25. The average molecular weight is 412 g/mol. The molecule has 1 N–H and O–H groups in total. The molecule has 9 heteroatoms. The lowest BCUT2D eigenvalue weighted by atomic mass is 10.1. The van der Waals surface area contributed by atoms with Gasteiger partial charge in [-0.1, -0.05) is 0 Å². The van der Waals surface area contributed by atoms with Crippen LogP contribution in [0.2, 0.25) is 0 Å². The number of hydrogen-bond acceptors (Lipinski definition) is 8. The van der Waals surface area contributed by atoms with Gasteiger partial charge in [-0.05, 0) is 32.8 Å². The number of rotatable bonds is 7. The summed E-state index contributed by atoms with van der Waals surface area (Å²) in [6.45, 7) is 6.52. The van der Waals surface area contributed by atoms with Crippen LogP contribution in [-0.4, -0.2) is 64.5 Å². The van der Waals surface area contributed by atoms with E-state index in [4.69, 9.17) is 14.5 Å². The van der Waals surface area contributed by atoms with Gasteiger partial charge in [-0.2, -0.15) is 4.98 Å². The fourth-order valence-electron chi connectivity index (χ4n) is 4.05. The van der Waals surface area contributed by atoms with E-state index < -0.39 is 0 Å². The van der Waals surface area contributed by atoms with Crippen molar-refractivity contribution in [3.8, 4) is 0 Å². The van der Waals surface area contributed by atoms with E-state index in [9.17, 15) is 0 Å². The molecule has 1 fully saturated rings. The van der Waals surface area contributed by atoms with E-state index in [0.717, 1.165) is 54.6 Å². The zero-order valence-corrected chi connectivity index (χ0v) is 18.0. The molecule has 0 bridgehead atoms. The number of hydrogen-bond donors (Lipinski definition) is 1. The molecule has 3 aromatic heterocycles. The van der Waals surface area contributed by atoms with E-state index in [1.807, 2.05) is 19.1 Å². The van der Waals surface area contributed by atoms with E-state index in [1.54, 1.807) is 26.6 Å². The summed E-state index contributed by atoms with van der Waals surface area (Å²) in [6.07, 6.45) is 5.86. The molecule has 0 spiro atoms. The van der Waals surface area contributed by atoms with Gasteiger partial charge in [0.1, 0.15) is 23.0 Å². The number of nitrogens with one attached hydrogen (secondary N) is 1. The van der Waals surface area contributed by atoms with Crippen LogP contribution in [0.3, 0.4) is 0 Å². The molecule has 0 unspecified atom stereocenters. The molecule has 30 heavy (non-hydrogen) atoms. The van der Waals surface area contributed by atoms with Crippen LogP contribution >= 0.6 is 0 Å².